The highest BCUT2D eigenvalue weighted by Crippen LogP contribution is 2.14. The molecule has 0 bridgehead atoms. The van der Waals surface area contributed by atoms with Crippen molar-refractivity contribution in [1.82, 2.24) is 5.32 Å². The summed E-state index contributed by atoms with van der Waals surface area (Å²) < 4.78 is 0. The minimum Gasteiger partial charge on any atom is -0.480 e. The van der Waals surface area contributed by atoms with Gasteiger partial charge in [0.05, 0.1) is 17.7 Å². The van der Waals surface area contributed by atoms with Crippen LogP contribution in [0.3, 0.4) is 0 Å². The summed E-state index contributed by atoms with van der Waals surface area (Å²) in [6, 6.07) is 7.47. The zero-order chi connectivity index (χ0) is 15.0. The van der Waals surface area contributed by atoms with Gasteiger partial charge in [-0.3, -0.25) is 9.59 Å². The van der Waals surface area contributed by atoms with E-state index in [1.54, 1.807) is 24.3 Å². The van der Waals surface area contributed by atoms with E-state index in [-0.39, 0.29) is 6.42 Å². The van der Waals surface area contributed by atoms with Gasteiger partial charge in [0.2, 0.25) is 5.91 Å². The Morgan fingerprint density at radius 3 is 2.75 bits per heavy atom. The molecule has 1 unspecified atom stereocenters. The molecule has 0 radical (unpaired) electrons. The number of carboxylic acids is 1. The second-order valence-electron chi connectivity index (χ2n) is 4.00. The summed E-state index contributed by atoms with van der Waals surface area (Å²) in [4.78, 5) is 22.8. The minimum atomic E-state index is -1.12. The average Bonchev–Trinajstić information content (AvgIpc) is 2.43. The van der Waals surface area contributed by atoms with E-state index in [0.717, 1.165) is 0 Å². The van der Waals surface area contributed by atoms with Crippen LogP contribution in [0, 0.1) is 11.3 Å². The smallest absolute Gasteiger partial charge is 0.321 e. The van der Waals surface area contributed by atoms with E-state index in [0.29, 0.717) is 17.8 Å². The molecule has 1 aromatic carbocycles. The molecule has 0 fully saturated rings. The third kappa shape index (κ3) is 4.55. The molecule has 3 N–H and O–H groups in total. The van der Waals surface area contributed by atoms with E-state index >= 15 is 0 Å². The molecule has 20 heavy (non-hydrogen) atoms. The molecule has 0 heterocycles. The number of carbonyl (C=O) groups excluding carboxylic acids is 1. The van der Waals surface area contributed by atoms with Gasteiger partial charge in [0.15, 0.2) is 0 Å². The SMILES string of the molecule is C=CCNC(CC(=O)Nc1ccccc1C#N)C(=O)O. The number of hydrogen-bond acceptors (Lipinski definition) is 4. The quantitative estimate of drug-likeness (QED) is 0.646. The number of para-hydroxylation sites is 1. The molecule has 6 heteroatoms. The molecule has 0 aliphatic heterocycles. The van der Waals surface area contributed by atoms with E-state index in [1.807, 2.05) is 6.07 Å². The van der Waals surface area contributed by atoms with Gasteiger partial charge in [-0.15, -0.1) is 6.58 Å². The maximum absolute atomic E-state index is 11.8. The first-order chi connectivity index (χ1) is 9.58. The molecule has 1 amide bonds. The number of anilines is 1. The highest BCUT2D eigenvalue weighted by atomic mass is 16.4. The first kappa shape index (κ1) is 15.4. The number of nitrogens with one attached hydrogen (secondary N) is 2. The van der Waals surface area contributed by atoms with E-state index in [2.05, 4.69) is 17.2 Å². The van der Waals surface area contributed by atoms with Crippen LogP contribution in [0.25, 0.3) is 0 Å². The largest absolute Gasteiger partial charge is 0.480 e. The predicted octanol–water partition coefficient (Wildman–Crippen LogP) is 1.12. The number of aliphatic carboxylic acids is 1. The van der Waals surface area contributed by atoms with E-state index in [9.17, 15) is 9.59 Å². The van der Waals surface area contributed by atoms with Crippen LogP contribution < -0.4 is 10.6 Å². The molecule has 1 rings (SSSR count). The molecule has 104 valence electrons. The molecule has 0 aromatic heterocycles. The van der Waals surface area contributed by atoms with Crippen LogP contribution in [-0.4, -0.2) is 29.6 Å². The molecule has 0 spiro atoms. The van der Waals surface area contributed by atoms with Crippen LogP contribution in [0.15, 0.2) is 36.9 Å². The summed E-state index contributed by atoms with van der Waals surface area (Å²) in [5.74, 6) is -1.59. The summed E-state index contributed by atoms with van der Waals surface area (Å²) >= 11 is 0. The van der Waals surface area contributed by atoms with Gasteiger partial charge in [-0.05, 0) is 12.1 Å². The van der Waals surface area contributed by atoms with Crippen molar-refractivity contribution in [3.05, 3.63) is 42.5 Å². The summed E-state index contributed by atoms with van der Waals surface area (Å²) in [5, 5.41) is 23.1. The topological polar surface area (TPSA) is 102 Å². The fourth-order valence-corrected chi connectivity index (χ4v) is 1.55. The molecule has 1 aromatic rings. The van der Waals surface area contributed by atoms with Gasteiger partial charge in [-0.2, -0.15) is 5.26 Å². The number of rotatable bonds is 7. The van der Waals surface area contributed by atoms with Crippen LogP contribution in [-0.2, 0) is 9.59 Å². The van der Waals surface area contributed by atoms with Crippen molar-refractivity contribution in [2.24, 2.45) is 0 Å². The van der Waals surface area contributed by atoms with Gasteiger partial charge >= 0.3 is 5.97 Å². The van der Waals surface area contributed by atoms with Gasteiger partial charge < -0.3 is 15.7 Å². The Kier molecular flexibility index (Phi) is 5.94. The second-order valence-corrected chi connectivity index (χ2v) is 4.00. The molecule has 0 saturated heterocycles. The Hall–Kier alpha value is -2.65. The van der Waals surface area contributed by atoms with Crippen molar-refractivity contribution in [2.45, 2.75) is 12.5 Å². The van der Waals surface area contributed by atoms with Crippen LogP contribution in [0.2, 0.25) is 0 Å². The van der Waals surface area contributed by atoms with Gasteiger partial charge in [0, 0.05) is 6.54 Å². The fourth-order valence-electron chi connectivity index (χ4n) is 1.55. The van der Waals surface area contributed by atoms with Crippen molar-refractivity contribution in [3.63, 3.8) is 0 Å². The third-order valence-corrected chi connectivity index (χ3v) is 2.52. The number of nitrogens with zero attached hydrogens (tertiary/aromatic N) is 1. The number of carboxylic acid groups (broad SMARTS) is 1. The zero-order valence-electron chi connectivity index (χ0n) is 10.8. The van der Waals surface area contributed by atoms with Crippen molar-refractivity contribution in [2.75, 3.05) is 11.9 Å². The van der Waals surface area contributed by atoms with Crippen molar-refractivity contribution >= 4 is 17.6 Å². The second kappa shape index (κ2) is 7.71. The predicted molar refractivity (Wildman–Crippen MR) is 74.0 cm³/mol. The van der Waals surface area contributed by atoms with Crippen LogP contribution >= 0.6 is 0 Å². The first-order valence-electron chi connectivity index (χ1n) is 5.94. The fraction of sp³-hybridized carbons (Fsp3) is 0.214. The zero-order valence-corrected chi connectivity index (χ0v) is 10.8. The van der Waals surface area contributed by atoms with Crippen LogP contribution in [0.1, 0.15) is 12.0 Å². The van der Waals surface area contributed by atoms with Crippen LogP contribution in [0.4, 0.5) is 5.69 Å². The van der Waals surface area contributed by atoms with Gasteiger partial charge in [-0.1, -0.05) is 18.2 Å². The maximum atomic E-state index is 11.8. The lowest BCUT2D eigenvalue weighted by molar-refractivity contribution is -0.140. The summed E-state index contributed by atoms with van der Waals surface area (Å²) in [6.45, 7) is 3.76. The molecule has 0 aliphatic carbocycles. The minimum absolute atomic E-state index is 0.233. The molecule has 6 nitrogen and oxygen atoms in total. The number of nitriles is 1. The monoisotopic (exact) mass is 273 g/mol. The molecular weight excluding hydrogens is 258 g/mol. The third-order valence-electron chi connectivity index (χ3n) is 2.52. The van der Waals surface area contributed by atoms with Gasteiger partial charge in [-0.25, -0.2) is 0 Å². The maximum Gasteiger partial charge on any atom is 0.321 e. The standard InChI is InChI=1S/C14H15N3O3/c1-2-7-16-12(14(19)20)8-13(18)17-11-6-4-3-5-10(11)9-15/h2-6,12,16H,1,7-8H2,(H,17,18)(H,19,20). The summed E-state index contributed by atoms with van der Waals surface area (Å²) in [5.41, 5.74) is 0.694. The highest BCUT2D eigenvalue weighted by molar-refractivity contribution is 5.95. The van der Waals surface area contributed by atoms with E-state index in [1.165, 1.54) is 6.08 Å². The van der Waals surface area contributed by atoms with Crippen molar-refractivity contribution < 1.29 is 14.7 Å². The summed E-state index contributed by atoms with van der Waals surface area (Å²) in [7, 11) is 0. The van der Waals surface area contributed by atoms with Crippen LogP contribution in [0.5, 0.6) is 0 Å². The Bertz CT molecular complexity index is 549. The van der Waals surface area contributed by atoms with E-state index < -0.39 is 17.9 Å². The normalized spacial score (nSPS) is 11.2. The summed E-state index contributed by atoms with van der Waals surface area (Å²) in [6.07, 6.45) is 1.28. The van der Waals surface area contributed by atoms with E-state index in [4.69, 9.17) is 10.4 Å². The lowest BCUT2D eigenvalue weighted by atomic mass is 10.1. The lowest BCUT2D eigenvalue weighted by Crippen LogP contribution is -2.39. The van der Waals surface area contributed by atoms with Crippen molar-refractivity contribution in [1.29, 1.82) is 5.26 Å². The first-order valence-corrected chi connectivity index (χ1v) is 5.94. The van der Waals surface area contributed by atoms with Gasteiger partial charge in [0.1, 0.15) is 12.1 Å². The Morgan fingerprint density at radius 2 is 2.15 bits per heavy atom. The average molecular weight is 273 g/mol. The van der Waals surface area contributed by atoms with Crippen molar-refractivity contribution in [3.8, 4) is 6.07 Å². The Labute approximate surface area is 116 Å². The van der Waals surface area contributed by atoms with Gasteiger partial charge in [0.25, 0.3) is 0 Å². The highest BCUT2D eigenvalue weighted by Gasteiger charge is 2.20. The number of amides is 1. The molecule has 0 saturated carbocycles. The Morgan fingerprint density at radius 1 is 1.45 bits per heavy atom. The lowest BCUT2D eigenvalue weighted by Gasteiger charge is -2.13. The molecular formula is C14H15N3O3. The number of carbonyl (C=O) groups is 2. The molecule has 1 atom stereocenters. The Balaban J connectivity index is 2.68. The number of hydrogen-bond donors (Lipinski definition) is 3. The number of benzene rings is 1. The molecule has 0 aliphatic rings.